The SMILES string of the molecule is CCC(C#N)[C@@H]1COC(C)(C)O1. The van der Waals surface area contributed by atoms with Gasteiger partial charge in [0.25, 0.3) is 0 Å². The zero-order chi connectivity index (χ0) is 9.19. The van der Waals surface area contributed by atoms with E-state index in [4.69, 9.17) is 14.7 Å². The fourth-order valence-electron chi connectivity index (χ4n) is 1.35. The van der Waals surface area contributed by atoms with Crippen LogP contribution in [0.1, 0.15) is 27.2 Å². The van der Waals surface area contributed by atoms with Gasteiger partial charge in [0.1, 0.15) is 6.10 Å². The monoisotopic (exact) mass is 169 g/mol. The summed E-state index contributed by atoms with van der Waals surface area (Å²) in [6, 6.07) is 2.23. The normalized spacial score (nSPS) is 29.7. The zero-order valence-electron chi connectivity index (χ0n) is 7.83. The second-order valence-electron chi connectivity index (χ2n) is 3.51. The van der Waals surface area contributed by atoms with Gasteiger partial charge in [-0.1, -0.05) is 6.92 Å². The predicted molar refractivity (Wildman–Crippen MR) is 44.3 cm³/mol. The van der Waals surface area contributed by atoms with E-state index >= 15 is 0 Å². The van der Waals surface area contributed by atoms with Crippen LogP contribution < -0.4 is 0 Å². The number of hydrogen-bond donors (Lipinski definition) is 0. The van der Waals surface area contributed by atoms with Crippen molar-refractivity contribution in [1.82, 2.24) is 0 Å². The Hall–Kier alpha value is -0.590. The Morgan fingerprint density at radius 3 is 2.67 bits per heavy atom. The van der Waals surface area contributed by atoms with Gasteiger partial charge < -0.3 is 9.47 Å². The van der Waals surface area contributed by atoms with E-state index in [0.29, 0.717) is 6.61 Å². The highest BCUT2D eigenvalue weighted by molar-refractivity contribution is 4.90. The standard InChI is InChI=1S/C9H15NO2/c1-4-7(5-10)8-6-11-9(2,3)12-8/h7-8H,4,6H2,1-3H3/t7?,8-/m0/s1. The fourth-order valence-corrected chi connectivity index (χ4v) is 1.35. The summed E-state index contributed by atoms with van der Waals surface area (Å²) in [4.78, 5) is 0. The van der Waals surface area contributed by atoms with Gasteiger partial charge in [0.05, 0.1) is 18.6 Å². The minimum absolute atomic E-state index is 0.0354. The first-order chi connectivity index (χ1) is 5.59. The maximum Gasteiger partial charge on any atom is 0.163 e. The lowest BCUT2D eigenvalue weighted by atomic mass is 10.0. The lowest BCUT2D eigenvalue weighted by molar-refractivity contribution is -0.142. The number of hydrogen-bond acceptors (Lipinski definition) is 3. The van der Waals surface area contributed by atoms with E-state index in [0.717, 1.165) is 6.42 Å². The molecule has 0 spiro atoms. The van der Waals surface area contributed by atoms with Crippen LogP contribution in [0, 0.1) is 17.2 Å². The molecule has 0 radical (unpaired) electrons. The van der Waals surface area contributed by atoms with Crippen molar-refractivity contribution in [3.05, 3.63) is 0 Å². The molecule has 0 aromatic rings. The Labute approximate surface area is 73.3 Å². The van der Waals surface area contributed by atoms with Crippen LogP contribution >= 0.6 is 0 Å². The van der Waals surface area contributed by atoms with Gasteiger partial charge in [-0.2, -0.15) is 5.26 Å². The molecule has 1 rings (SSSR count). The first kappa shape index (κ1) is 9.50. The van der Waals surface area contributed by atoms with Gasteiger partial charge in [-0.15, -0.1) is 0 Å². The highest BCUT2D eigenvalue weighted by atomic mass is 16.7. The molecule has 68 valence electrons. The van der Waals surface area contributed by atoms with Crippen LogP contribution in [0.5, 0.6) is 0 Å². The highest BCUT2D eigenvalue weighted by Crippen LogP contribution is 2.27. The van der Waals surface area contributed by atoms with Crippen molar-refractivity contribution in [3.63, 3.8) is 0 Å². The first-order valence-electron chi connectivity index (χ1n) is 4.30. The molecule has 0 amide bonds. The Bertz CT molecular complexity index is 195. The van der Waals surface area contributed by atoms with E-state index in [9.17, 15) is 0 Å². The molecule has 0 saturated carbocycles. The Kier molecular flexibility index (Phi) is 2.71. The summed E-state index contributed by atoms with van der Waals surface area (Å²) in [6.07, 6.45) is 0.774. The van der Waals surface area contributed by atoms with Crippen molar-refractivity contribution in [2.45, 2.75) is 39.1 Å². The summed E-state index contributed by atoms with van der Waals surface area (Å²) in [5.41, 5.74) is 0. The molecule has 3 heteroatoms. The summed E-state index contributed by atoms with van der Waals surface area (Å²) in [5.74, 6) is -0.540. The smallest absolute Gasteiger partial charge is 0.163 e. The fraction of sp³-hybridized carbons (Fsp3) is 0.889. The minimum Gasteiger partial charge on any atom is -0.348 e. The minimum atomic E-state index is -0.505. The summed E-state index contributed by atoms with van der Waals surface area (Å²) in [6.45, 7) is 6.27. The Morgan fingerprint density at radius 1 is 1.67 bits per heavy atom. The van der Waals surface area contributed by atoms with Gasteiger partial charge >= 0.3 is 0 Å². The maximum absolute atomic E-state index is 8.77. The second kappa shape index (κ2) is 3.42. The molecule has 0 bridgehead atoms. The number of nitriles is 1. The van der Waals surface area contributed by atoms with Gasteiger partial charge in [-0.05, 0) is 20.3 Å². The average molecular weight is 169 g/mol. The van der Waals surface area contributed by atoms with Crippen LogP contribution in [-0.4, -0.2) is 18.5 Å². The molecule has 0 N–H and O–H groups in total. The van der Waals surface area contributed by atoms with E-state index in [2.05, 4.69) is 6.07 Å². The highest BCUT2D eigenvalue weighted by Gasteiger charge is 2.36. The van der Waals surface area contributed by atoms with Crippen LogP contribution in [0.3, 0.4) is 0 Å². The molecule has 3 nitrogen and oxygen atoms in total. The largest absolute Gasteiger partial charge is 0.348 e. The van der Waals surface area contributed by atoms with Crippen LogP contribution in [0.2, 0.25) is 0 Å². The van der Waals surface area contributed by atoms with Crippen LogP contribution in [-0.2, 0) is 9.47 Å². The third kappa shape index (κ3) is 1.96. The predicted octanol–water partition coefficient (Wildman–Crippen LogP) is 1.69. The lowest BCUT2D eigenvalue weighted by Crippen LogP contribution is -2.25. The maximum atomic E-state index is 8.77. The molecule has 1 unspecified atom stereocenters. The summed E-state index contributed by atoms with van der Waals surface area (Å²) in [5, 5.41) is 8.77. The van der Waals surface area contributed by atoms with Gasteiger partial charge in [-0.25, -0.2) is 0 Å². The number of rotatable bonds is 2. The van der Waals surface area contributed by atoms with E-state index < -0.39 is 5.79 Å². The third-order valence-electron chi connectivity index (χ3n) is 2.08. The molecule has 12 heavy (non-hydrogen) atoms. The Morgan fingerprint density at radius 2 is 2.33 bits per heavy atom. The molecule has 1 aliphatic rings. The topological polar surface area (TPSA) is 42.2 Å². The van der Waals surface area contributed by atoms with Gasteiger partial charge in [0.2, 0.25) is 0 Å². The van der Waals surface area contributed by atoms with E-state index in [1.807, 2.05) is 20.8 Å². The molecule has 0 aliphatic carbocycles. The van der Waals surface area contributed by atoms with Gasteiger partial charge in [-0.3, -0.25) is 0 Å². The van der Waals surface area contributed by atoms with Crippen LogP contribution in [0.25, 0.3) is 0 Å². The molecule has 1 heterocycles. The summed E-state index contributed by atoms with van der Waals surface area (Å²) < 4.78 is 10.9. The third-order valence-corrected chi connectivity index (χ3v) is 2.08. The number of ether oxygens (including phenoxy) is 2. The van der Waals surface area contributed by atoms with Crippen molar-refractivity contribution in [1.29, 1.82) is 5.26 Å². The van der Waals surface area contributed by atoms with Crippen molar-refractivity contribution in [2.24, 2.45) is 5.92 Å². The Balaban J connectivity index is 2.52. The molecule has 1 aliphatic heterocycles. The quantitative estimate of drug-likeness (QED) is 0.631. The second-order valence-corrected chi connectivity index (χ2v) is 3.51. The molecular formula is C9H15NO2. The van der Waals surface area contributed by atoms with Crippen molar-refractivity contribution >= 4 is 0 Å². The molecule has 0 aromatic heterocycles. The van der Waals surface area contributed by atoms with Gasteiger partial charge in [0.15, 0.2) is 5.79 Å². The van der Waals surface area contributed by atoms with Crippen molar-refractivity contribution in [3.8, 4) is 6.07 Å². The summed E-state index contributed by atoms with van der Waals surface area (Å²) in [7, 11) is 0. The molecule has 0 aromatic carbocycles. The van der Waals surface area contributed by atoms with Crippen LogP contribution in [0.15, 0.2) is 0 Å². The van der Waals surface area contributed by atoms with E-state index in [1.54, 1.807) is 0 Å². The molecule has 1 fully saturated rings. The van der Waals surface area contributed by atoms with Crippen molar-refractivity contribution in [2.75, 3.05) is 6.61 Å². The number of nitrogens with zero attached hydrogens (tertiary/aromatic N) is 1. The average Bonchev–Trinajstić information content (AvgIpc) is 2.34. The zero-order valence-corrected chi connectivity index (χ0v) is 7.83. The first-order valence-corrected chi connectivity index (χ1v) is 4.30. The summed E-state index contributed by atoms with van der Waals surface area (Å²) >= 11 is 0. The molecular weight excluding hydrogens is 154 g/mol. The van der Waals surface area contributed by atoms with E-state index in [-0.39, 0.29) is 12.0 Å². The van der Waals surface area contributed by atoms with Crippen molar-refractivity contribution < 1.29 is 9.47 Å². The van der Waals surface area contributed by atoms with Crippen LogP contribution in [0.4, 0.5) is 0 Å². The molecule has 2 atom stereocenters. The van der Waals surface area contributed by atoms with Gasteiger partial charge in [0, 0.05) is 0 Å². The lowest BCUT2D eigenvalue weighted by Gasteiger charge is -2.18. The molecule has 1 saturated heterocycles. The van der Waals surface area contributed by atoms with E-state index in [1.165, 1.54) is 0 Å².